The van der Waals surface area contributed by atoms with Crippen molar-refractivity contribution in [2.45, 2.75) is 13.3 Å². The maximum atomic E-state index is 12.3. The number of carbonyl (C=O) groups excluding carboxylic acids is 1. The second kappa shape index (κ2) is 6.26. The fourth-order valence-corrected chi connectivity index (χ4v) is 2.99. The first-order valence-corrected chi connectivity index (χ1v) is 8.33. The number of anilines is 1. The minimum absolute atomic E-state index is 0.0814. The highest BCUT2D eigenvalue weighted by Crippen LogP contribution is 2.27. The molecule has 22 heavy (non-hydrogen) atoms. The molecule has 0 bridgehead atoms. The second-order valence-electron chi connectivity index (χ2n) is 5.11. The first kappa shape index (κ1) is 15.3. The van der Waals surface area contributed by atoms with E-state index in [9.17, 15) is 4.79 Å². The van der Waals surface area contributed by atoms with E-state index in [2.05, 4.69) is 37.2 Å². The summed E-state index contributed by atoms with van der Waals surface area (Å²) >= 11 is 6.83. The van der Waals surface area contributed by atoms with Crippen molar-refractivity contribution in [3.05, 3.63) is 62.7 Å². The minimum Gasteiger partial charge on any atom is -0.464 e. The molecule has 3 nitrogen and oxygen atoms in total. The Balaban J connectivity index is 1.80. The average molecular weight is 423 g/mol. The van der Waals surface area contributed by atoms with Crippen molar-refractivity contribution in [1.29, 1.82) is 0 Å². The normalized spacial score (nSPS) is 10.9. The van der Waals surface area contributed by atoms with Gasteiger partial charge in [0.15, 0.2) is 0 Å². The highest BCUT2D eigenvalue weighted by Gasteiger charge is 2.12. The number of rotatable bonds is 3. The van der Waals surface area contributed by atoms with Gasteiger partial charge in [0.2, 0.25) is 5.91 Å². The van der Waals surface area contributed by atoms with Crippen molar-refractivity contribution in [1.82, 2.24) is 0 Å². The lowest BCUT2D eigenvalue weighted by molar-refractivity contribution is -0.115. The van der Waals surface area contributed by atoms with E-state index >= 15 is 0 Å². The summed E-state index contributed by atoms with van der Waals surface area (Å²) in [6.45, 7) is 2.01. The third-order valence-corrected chi connectivity index (χ3v) is 4.55. The highest BCUT2D eigenvalue weighted by molar-refractivity contribution is 9.11. The zero-order chi connectivity index (χ0) is 15.7. The zero-order valence-electron chi connectivity index (χ0n) is 11.8. The van der Waals surface area contributed by atoms with Crippen LogP contribution in [0.15, 0.2) is 56.0 Å². The van der Waals surface area contributed by atoms with Gasteiger partial charge in [-0.1, -0.05) is 28.1 Å². The van der Waals surface area contributed by atoms with Crippen LogP contribution >= 0.6 is 31.9 Å². The van der Waals surface area contributed by atoms with E-state index in [0.29, 0.717) is 0 Å². The average Bonchev–Trinajstić information content (AvgIpc) is 2.85. The van der Waals surface area contributed by atoms with Crippen LogP contribution in [0.25, 0.3) is 11.0 Å². The Kier molecular flexibility index (Phi) is 4.36. The third-order valence-electron chi connectivity index (χ3n) is 3.36. The van der Waals surface area contributed by atoms with Gasteiger partial charge in [-0.05, 0) is 52.7 Å². The Hall–Kier alpha value is -1.59. The lowest BCUT2D eigenvalue weighted by atomic mass is 10.1. The molecule has 0 aliphatic rings. The van der Waals surface area contributed by atoms with Crippen LogP contribution in [0.1, 0.15) is 11.1 Å². The molecule has 1 N–H and O–H groups in total. The monoisotopic (exact) mass is 421 g/mol. The molecule has 0 fully saturated rings. The number of fused-ring (bicyclic) bond motifs is 1. The molecule has 0 saturated carbocycles. The molecule has 0 saturated heterocycles. The molecule has 1 amide bonds. The predicted molar refractivity (Wildman–Crippen MR) is 95.1 cm³/mol. The summed E-state index contributed by atoms with van der Waals surface area (Å²) in [6.07, 6.45) is 1.93. The van der Waals surface area contributed by atoms with E-state index in [4.69, 9.17) is 4.42 Å². The molecule has 2 aromatic carbocycles. The predicted octanol–water partition coefficient (Wildman–Crippen LogP) is 5.45. The van der Waals surface area contributed by atoms with Gasteiger partial charge >= 0.3 is 0 Å². The fourth-order valence-electron chi connectivity index (χ4n) is 2.29. The van der Waals surface area contributed by atoms with E-state index in [1.165, 1.54) is 0 Å². The number of nitrogens with one attached hydrogen (secondary N) is 1. The van der Waals surface area contributed by atoms with Gasteiger partial charge < -0.3 is 9.73 Å². The van der Waals surface area contributed by atoms with Gasteiger partial charge in [0, 0.05) is 19.9 Å². The maximum Gasteiger partial charge on any atom is 0.228 e. The molecule has 0 aliphatic heterocycles. The van der Waals surface area contributed by atoms with Gasteiger partial charge in [-0.2, -0.15) is 0 Å². The highest BCUT2D eigenvalue weighted by atomic mass is 79.9. The molecule has 1 heterocycles. The minimum atomic E-state index is -0.0814. The molecule has 1 aromatic heterocycles. The van der Waals surface area contributed by atoms with Crippen LogP contribution in [0, 0.1) is 6.92 Å². The van der Waals surface area contributed by atoms with Crippen molar-refractivity contribution >= 4 is 54.4 Å². The second-order valence-corrected chi connectivity index (χ2v) is 6.88. The lowest BCUT2D eigenvalue weighted by Crippen LogP contribution is -2.14. The van der Waals surface area contributed by atoms with Crippen LogP contribution in [0.3, 0.4) is 0 Å². The molecule has 3 rings (SSSR count). The largest absolute Gasteiger partial charge is 0.464 e. The number of benzene rings is 2. The SMILES string of the molecule is Cc1ccc2c(CC(=O)Nc3cc(Br)ccc3Br)coc2c1. The van der Waals surface area contributed by atoms with Gasteiger partial charge in [-0.3, -0.25) is 4.79 Å². The van der Waals surface area contributed by atoms with E-state index in [1.54, 1.807) is 6.26 Å². The van der Waals surface area contributed by atoms with Gasteiger partial charge in [0.05, 0.1) is 18.4 Å². The molecule has 3 aromatic rings. The smallest absolute Gasteiger partial charge is 0.228 e. The summed E-state index contributed by atoms with van der Waals surface area (Å²) in [4.78, 5) is 12.3. The third kappa shape index (κ3) is 3.25. The molecule has 0 spiro atoms. The lowest BCUT2D eigenvalue weighted by Gasteiger charge is -2.07. The van der Waals surface area contributed by atoms with Gasteiger partial charge in [0.25, 0.3) is 0 Å². The molecule has 0 unspecified atom stereocenters. The van der Waals surface area contributed by atoms with E-state index in [-0.39, 0.29) is 12.3 Å². The standard InChI is InChI=1S/C17H13Br2NO2/c1-10-2-4-13-11(9-22-16(13)6-10)7-17(21)20-15-8-12(18)3-5-14(15)19/h2-6,8-9H,7H2,1H3,(H,20,21). The van der Waals surface area contributed by atoms with Crippen LogP contribution in [0.5, 0.6) is 0 Å². The van der Waals surface area contributed by atoms with E-state index in [1.807, 2.05) is 43.3 Å². The zero-order valence-corrected chi connectivity index (χ0v) is 15.0. The van der Waals surface area contributed by atoms with Crippen molar-refractivity contribution in [2.24, 2.45) is 0 Å². The Bertz CT molecular complexity index is 855. The van der Waals surface area contributed by atoms with Gasteiger partial charge in [0.1, 0.15) is 5.58 Å². The number of halogens is 2. The molecule has 5 heteroatoms. The number of hydrogen-bond donors (Lipinski definition) is 1. The Morgan fingerprint density at radius 3 is 2.82 bits per heavy atom. The summed E-state index contributed by atoms with van der Waals surface area (Å²) in [7, 11) is 0. The summed E-state index contributed by atoms with van der Waals surface area (Å²) in [5.41, 5.74) is 3.57. The van der Waals surface area contributed by atoms with E-state index in [0.717, 1.165) is 36.7 Å². The van der Waals surface area contributed by atoms with Gasteiger partial charge in [-0.15, -0.1) is 0 Å². The first-order chi connectivity index (χ1) is 10.5. The molecule has 0 radical (unpaired) electrons. The van der Waals surface area contributed by atoms with Crippen molar-refractivity contribution in [3.63, 3.8) is 0 Å². The quantitative estimate of drug-likeness (QED) is 0.609. The first-order valence-electron chi connectivity index (χ1n) is 6.74. The van der Waals surface area contributed by atoms with Crippen LogP contribution in [0.2, 0.25) is 0 Å². The van der Waals surface area contributed by atoms with Crippen LogP contribution in [-0.4, -0.2) is 5.91 Å². The summed E-state index contributed by atoms with van der Waals surface area (Å²) in [6, 6.07) is 11.6. The topological polar surface area (TPSA) is 42.2 Å². The number of furan rings is 1. The number of amides is 1. The molecular weight excluding hydrogens is 410 g/mol. The number of aryl methyl sites for hydroxylation is 1. The van der Waals surface area contributed by atoms with E-state index < -0.39 is 0 Å². The van der Waals surface area contributed by atoms with Gasteiger partial charge in [-0.25, -0.2) is 0 Å². The van der Waals surface area contributed by atoms with Crippen LogP contribution < -0.4 is 5.32 Å². The number of carbonyl (C=O) groups is 1. The van der Waals surface area contributed by atoms with Crippen LogP contribution in [0.4, 0.5) is 5.69 Å². The molecular formula is C17H13Br2NO2. The Labute approximate surface area is 145 Å². The summed E-state index contributed by atoms with van der Waals surface area (Å²) < 4.78 is 7.28. The molecule has 112 valence electrons. The van der Waals surface area contributed by atoms with Crippen LogP contribution in [-0.2, 0) is 11.2 Å². The summed E-state index contributed by atoms with van der Waals surface area (Å²) in [5.74, 6) is -0.0814. The Morgan fingerprint density at radius 2 is 2.00 bits per heavy atom. The van der Waals surface area contributed by atoms with Crippen molar-refractivity contribution in [3.8, 4) is 0 Å². The van der Waals surface area contributed by atoms with Crippen molar-refractivity contribution < 1.29 is 9.21 Å². The van der Waals surface area contributed by atoms with Crippen molar-refractivity contribution in [2.75, 3.05) is 5.32 Å². The summed E-state index contributed by atoms with van der Waals surface area (Å²) in [5, 5.41) is 3.89. The number of hydrogen-bond acceptors (Lipinski definition) is 2. The Morgan fingerprint density at radius 1 is 1.18 bits per heavy atom. The fraction of sp³-hybridized carbons (Fsp3) is 0.118. The molecule has 0 atom stereocenters. The maximum absolute atomic E-state index is 12.3. The molecule has 0 aliphatic carbocycles.